The summed E-state index contributed by atoms with van der Waals surface area (Å²) in [6.07, 6.45) is 5.47. The second-order valence-electron chi connectivity index (χ2n) is 8.00. The molecule has 0 unspecified atom stereocenters. The normalized spacial score (nSPS) is 23.9. The van der Waals surface area contributed by atoms with E-state index in [1.165, 1.54) is 17.2 Å². The Hall–Kier alpha value is -1.80. The molecule has 2 fully saturated rings. The topological polar surface area (TPSA) is 67.2 Å². The molecule has 0 bridgehead atoms. The first-order valence-electron chi connectivity index (χ1n) is 9.81. The highest BCUT2D eigenvalue weighted by Gasteiger charge is 2.45. The fourth-order valence-corrected chi connectivity index (χ4v) is 5.37. The fraction of sp³-hybridized carbons (Fsp3) is 0.684. The van der Waals surface area contributed by atoms with Gasteiger partial charge in [-0.15, -0.1) is 5.10 Å². The number of rotatable bonds is 3. The number of hydrogen-bond donors (Lipinski definition) is 0. The van der Waals surface area contributed by atoms with Gasteiger partial charge in [0.15, 0.2) is 0 Å². The zero-order valence-corrected chi connectivity index (χ0v) is 17.3. The van der Waals surface area contributed by atoms with Gasteiger partial charge in [0.05, 0.1) is 17.1 Å². The first-order valence-corrected chi connectivity index (χ1v) is 10.6. The smallest absolute Gasteiger partial charge is 0.267 e. The molecular weight excluding hydrogens is 360 g/mol. The largest absolute Gasteiger partial charge is 0.332 e. The summed E-state index contributed by atoms with van der Waals surface area (Å²) in [6.45, 7) is 7.81. The van der Waals surface area contributed by atoms with Gasteiger partial charge in [0.2, 0.25) is 0 Å². The first kappa shape index (κ1) is 18.6. The maximum atomic E-state index is 13.2. The molecule has 2 aliphatic rings. The van der Waals surface area contributed by atoms with E-state index in [4.69, 9.17) is 0 Å². The van der Waals surface area contributed by atoms with Crippen LogP contribution in [0.25, 0.3) is 0 Å². The molecule has 146 valence electrons. The molecule has 7 nitrogen and oxygen atoms in total. The fourth-order valence-electron chi connectivity index (χ4n) is 4.76. The van der Waals surface area contributed by atoms with Crippen LogP contribution in [0, 0.1) is 13.8 Å². The highest BCUT2D eigenvalue weighted by atomic mass is 32.1. The Morgan fingerprint density at radius 1 is 1.19 bits per heavy atom. The van der Waals surface area contributed by atoms with E-state index in [0.29, 0.717) is 4.88 Å². The van der Waals surface area contributed by atoms with E-state index < -0.39 is 0 Å². The zero-order chi connectivity index (χ0) is 19.0. The van der Waals surface area contributed by atoms with Crippen molar-refractivity contribution in [1.82, 2.24) is 29.2 Å². The van der Waals surface area contributed by atoms with E-state index in [1.807, 2.05) is 25.6 Å². The van der Waals surface area contributed by atoms with Gasteiger partial charge in [0.25, 0.3) is 5.91 Å². The summed E-state index contributed by atoms with van der Waals surface area (Å²) in [5.41, 5.74) is 3.09. The Morgan fingerprint density at radius 2 is 1.96 bits per heavy atom. The maximum Gasteiger partial charge on any atom is 0.267 e. The summed E-state index contributed by atoms with van der Waals surface area (Å²) < 4.78 is 5.95. The predicted octanol–water partition coefficient (Wildman–Crippen LogP) is 2.55. The van der Waals surface area contributed by atoms with Crippen LogP contribution >= 0.6 is 11.5 Å². The number of aromatic nitrogens is 4. The third-order valence-corrected chi connectivity index (χ3v) is 7.00. The molecule has 0 radical (unpaired) electrons. The molecule has 27 heavy (non-hydrogen) atoms. The predicted molar refractivity (Wildman–Crippen MR) is 105 cm³/mol. The van der Waals surface area contributed by atoms with Crippen LogP contribution in [0.15, 0.2) is 6.07 Å². The Labute approximate surface area is 164 Å². The molecule has 0 saturated carbocycles. The van der Waals surface area contributed by atoms with Crippen LogP contribution in [0.2, 0.25) is 0 Å². The molecule has 0 N–H and O–H groups in total. The van der Waals surface area contributed by atoms with Gasteiger partial charge in [-0.25, -0.2) is 0 Å². The summed E-state index contributed by atoms with van der Waals surface area (Å²) in [5.74, 6) is 0.135. The van der Waals surface area contributed by atoms with Gasteiger partial charge in [-0.05, 0) is 70.1 Å². The molecule has 0 aromatic carbocycles. The SMILES string of the molecule is Cc1cc(CN2CCC[C@@]3(CCCN3C(=O)c3snnc3C)CC2)n(C)n1. The lowest BCUT2D eigenvalue weighted by atomic mass is 9.87. The minimum atomic E-state index is 0.00460. The van der Waals surface area contributed by atoms with Crippen LogP contribution < -0.4 is 0 Å². The van der Waals surface area contributed by atoms with Crippen molar-refractivity contribution in [3.8, 4) is 0 Å². The molecule has 1 amide bonds. The lowest BCUT2D eigenvalue weighted by Crippen LogP contribution is -2.47. The standard InChI is InChI=1S/C19H28N6OS/c1-14-12-16(23(3)21-14)13-24-9-4-6-19(8-11-24)7-5-10-25(19)18(26)17-15(2)20-22-27-17/h12H,4-11,13H2,1-3H3/t19-/m1/s1. The van der Waals surface area contributed by atoms with Crippen LogP contribution in [0.4, 0.5) is 0 Å². The van der Waals surface area contributed by atoms with Crippen molar-refractivity contribution >= 4 is 17.4 Å². The number of likely N-dealkylation sites (tertiary alicyclic amines) is 2. The first-order chi connectivity index (χ1) is 13.0. The summed E-state index contributed by atoms with van der Waals surface area (Å²) in [6, 6.07) is 2.17. The Morgan fingerprint density at radius 3 is 2.63 bits per heavy atom. The van der Waals surface area contributed by atoms with Crippen molar-refractivity contribution in [2.45, 2.75) is 58.0 Å². The summed E-state index contributed by atoms with van der Waals surface area (Å²) in [7, 11) is 2.02. The average Bonchev–Trinajstić information content (AvgIpc) is 3.27. The third kappa shape index (κ3) is 3.52. The number of nitrogens with zero attached hydrogens (tertiary/aromatic N) is 6. The van der Waals surface area contributed by atoms with E-state index in [-0.39, 0.29) is 11.4 Å². The van der Waals surface area contributed by atoms with Gasteiger partial charge in [0, 0.05) is 32.2 Å². The van der Waals surface area contributed by atoms with Crippen LogP contribution in [0.5, 0.6) is 0 Å². The number of amides is 1. The van der Waals surface area contributed by atoms with Crippen molar-refractivity contribution in [3.05, 3.63) is 28.0 Å². The molecule has 4 rings (SSSR count). The number of carbonyl (C=O) groups excluding carboxylic acids is 1. The molecule has 1 spiro atoms. The van der Waals surface area contributed by atoms with Gasteiger partial charge in [-0.2, -0.15) is 5.10 Å². The van der Waals surface area contributed by atoms with Gasteiger partial charge in [-0.3, -0.25) is 14.4 Å². The quantitative estimate of drug-likeness (QED) is 0.808. The second kappa shape index (κ2) is 7.31. The second-order valence-corrected chi connectivity index (χ2v) is 8.76. The summed E-state index contributed by atoms with van der Waals surface area (Å²) in [5, 5.41) is 8.50. The highest BCUT2D eigenvalue weighted by molar-refractivity contribution is 7.07. The third-order valence-electron chi connectivity index (χ3n) is 6.18. The number of hydrogen-bond acceptors (Lipinski definition) is 6. The Bertz CT molecular complexity index is 830. The lowest BCUT2D eigenvalue weighted by molar-refractivity contribution is 0.0561. The molecule has 8 heteroatoms. The van der Waals surface area contributed by atoms with Crippen molar-refractivity contribution in [2.24, 2.45) is 7.05 Å². The molecular formula is C19H28N6OS. The Balaban J connectivity index is 1.48. The van der Waals surface area contributed by atoms with Crippen LogP contribution in [0.3, 0.4) is 0 Å². The van der Waals surface area contributed by atoms with Crippen molar-refractivity contribution in [2.75, 3.05) is 19.6 Å². The molecule has 2 aromatic heterocycles. The van der Waals surface area contributed by atoms with Gasteiger partial charge < -0.3 is 4.90 Å². The summed E-state index contributed by atoms with van der Waals surface area (Å²) >= 11 is 1.23. The van der Waals surface area contributed by atoms with E-state index >= 15 is 0 Å². The van der Waals surface area contributed by atoms with Gasteiger partial charge in [0.1, 0.15) is 4.88 Å². The maximum absolute atomic E-state index is 13.2. The minimum absolute atomic E-state index is 0.00460. The van der Waals surface area contributed by atoms with Crippen LogP contribution in [-0.2, 0) is 13.6 Å². The zero-order valence-electron chi connectivity index (χ0n) is 16.4. The number of carbonyl (C=O) groups is 1. The highest BCUT2D eigenvalue weighted by Crippen LogP contribution is 2.40. The van der Waals surface area contributed by atoms with E-state index in [2.05, 4.69) is 30.6 Å². The van der Waals surface area contributed by atoms with E-state index in [1.54, 1.807) is 0 Å². The summed E-state index contributed by atoms with van der Waals surface area (Å²) in [4.78, 5) is 18.5. The number of aryl methyl sites for hydroxylation is 3. The average molecular weight is 389 g/mol. The minimum Gasteiger partial charge on any atom is -0.332 e. The molecule has 1 atom stereocenters. The van der Waals surface area contributed by atoms with E-state index in [9.17, 15) is 4.79 Å². The van der Waals surface area contributed by atoms with Crippen molar-refractivity contribution < 1.29 is 4.79 Å². The Kier molecular flexibility index (Phi) is 5.03. The van der Waals surface area contributed by atoms with Gasteiger partial charge in [-0.1, -0.05) is 4.49 Å². The molecule has 0 aliphatic carbocycles. The van der Waals surface area contributed by atoms with Crippen molar-refractivity contribution in [3.63, 3.8) is 0 Å². The van der Waals surface area contributed by atoms with Crippen LogP contribution in [-0.4, -0.2) is 60.2 Å². The lowest BCUT2D eigenvalue weighted by Gasteiger charge is -2.38. The molecule has 2 aliphatic heterocycles. The van der Waals surface area contributed by atoms with E-state index in [0.717, 1.165) is 69.7 Å². The van der Waals surface area contributed by atoms with Crippen LogP contribution in [0.1, 0.15) is 58.9 Å². The monoisotopic (exact) mass is 388 g/mol. The van der Waals surface area contributed by atoms with Gasteiger partial charge >= 0.3 is 0 Å². The molecule has 2 saturated heterocycles. The molecule has 2 aromatic rings. The van der Waals surface area contributed by atoms with Crippen molar-refractivity contribution in [1.29, 1.82) is 0 Å². The molecule has 4 heterocycles.